The largest absolute Gasteiger partial charge is 0.309 e. The predicted octanol–water partition coefficient (Wildman–Crippen LogP) is 12.3. The zero-order chi connectivity index (χ0) is 38.0. The highest BCUT2D eigenvalue weighted by Crippen LogP contribution is 2.51. The first-order chi connectivity index (χ1) is 27.4. The fraction of sp³-hybridized carbons (Fsp3) is 0.0588. The molecule has 2 heterocycles. The van der Waals surface area contributed by atoms with Crippen molar-refractivity contribution in [3.05, 3.63) is 186 Å². The van der Waals surface area contributed by atoms with E-state index in [1.54, 1.807) is 6.07 Å². The lowest BCUT2D eigenvalue weighted by Gasteiger charge is -2.22. The van der Waals surface area contributed by atoms with Gasteiger partial charge in [-0.1, -0.05) is 117 Å². The van der Waals surface area contributed by atoms with Crippen LogP contribution in [-0.2, 0) is 5.41 Å². The number of rotatable bonds is 5. The summed E-state index contributed by atoms with van der Waals surface area (Å²) in [6.07, 6.45) is 0. The van der Waals surface area contributed by atoms with Gasteiger partial charge in [0.15, 0.2) is 5.82 Å². The summed E-state index contributed by atoms with van der Waals surface area (Å²) in [6.45, 7) is 4.62. The van der Waals surface area contributed by atoms with Gasteiger partial charge in [-0.3, -0.25) is 0 Å². The van der Waals surface area contributed by atoms with E-state index in [4.69, 9.17) is 9.97 Å². The van der Waals surface area contributed by atoms with Gasteiger partial charge >= 0.3 is 0 Å². The van der Waals surface area contributed by atoms with Crippen LogP contribution >= 0.6 is 0 Å². The third-order valence-electron chi connectivity index (χ3n) is 11.2. The number of para-hydroxylation sites is 1. The van der Waals surface area contributed by atoms with Crippen molar-refractivity contribution in [2.75, 3.05) is 0 Å². The monoisotopic (exact) mass is 715 g/mol. The van der Waals surface area contributed by atoms with Gasteiger partial charge in [-0.2, -0.15) is 10.5 Å². The van der Waals surface area contributed by atoms with Crippen molar-refractivity contribution < 1.29 is 0 Å². The Morgan fingerprint density at radius 3 is 1.73 bits per heavy atom. The van der Waals surface area contributed by atoms with Gasteiger partial charge in [0.05, 0.1) is 45.7 Å². The van der Waals surface area contributed by atoms with Gasteiger partial charge in [0, 0.05) is 38.6 Å². The zero-order valence-electron chi connectivity index (χ0n) is 30.8. The maximum Gasteiger partial charge on any atom is 0.160 e. The molecule has 56 heavy (non-hydrogen) atoms. The third kappa shape index (κ3) is 5.29. The average Bonchev–Trinajstić information content (AvgIpc) is 3.70. The van der Waals surface area contributed by atoms with Crippen molar-refractivity contribution >= 4 is 21.8 Å². The first-order valence-electron chi connectivity index (χ1n) is 18.7. The minimum absolute atomic E-state index is 0.181. The molecule has 0 aliphatic heterocycles. The van der Waals surface area contributed by atoms with Crippen LogP contribution in [0.25, 0.3) is 83.6 Å². The molecule has 0 amide bonds. The van der Waals surface area contributed by atoms with Gasteiger partial charge in [0.2, 0.25) is 0 Å². The molecule has 1 aliphatic carbocycles. The molecule has 0 N–H and O–H groups in total. The van der Waals surface area contributed by atoms with Gasteiger partial charge in [-0.25, -0.2) is 9.97 Å². The van der Waals surface area contributed by atoms with Crippen LogP contribution in [0, 0.1) is 22.7 Å². The highest BCUT2D eigenvalue weighted by molar-refractivity contribution is 6.11. The highest BCUT2D eigenvalue weighted by atomic mass is 15.0. The number of hydrogen-bond acceptors (Lipinski definition) is 4. The lowest BCUT2D eigenvalue weighted by atomic mass is 9.82. The molecule has 0 bridgehead atoms. The molecule has 262 valence electrons. The Kier molecular flexibility index (Phi) is 7.53. The molecule has 0 spiro atoms. The van der Waals surface area contributed by atoms with E-state index in [0.717, 1.165) is 61.3 Å². The molecule has 2 aromatic heterocycles. The molecule has 0 fully saturated rings. The number of nitrogens with zero attached hydrogens (tertiary/aromatic N) is 5. The van der Waals surface area contributed by atoms with E-state index in [1.807, 2.05) is 54.6 Å². The van der Waals surface area contributed by atoms with Crippen LogP contribution in [0.1, 0.15) is 36.1 Å². The molecule has 0 unspecified atom stereocenters. The molecule has 0 saturated heterocycles. The fourth-order valence-corrected chi connectivity index (χ4v) is 8.49. The molecule has 0 saturated carbocycles. The Bertz CT molecular complexity index is 3030. The molecular formula is C51H33N5. The molecule has 1 aliphatic rings. The van der Waals surface area contributed by atoms with E-state index in [0.29, 0.717) is 17.0 Å². The summed E-state index contributed by atoms with van der Waals surface area (Å²) in [5.74, 6) is 0.573. The van der Waals surface area contributed by atoms with Crippen LogP contribution in [0.2, 0.25) is 0 Å². The standard InChI is InChI=1S/C51H33N5/c1-51(2)44-19-11-9-17-40(44)42-27-43-41-18-10-12-20-48(41)56(49(43)28-45(42)51)39-25-37(36-22-32(30-52)21-33(23-36)31-53)24-38(26-39)50-54-46(34-13-5-3-6-14-34)29-47(55-50)35-15-7-4-8-16-35/h3-29H,1-2H3. The number of benzene rings is 7. The predicted molar refractivity (Wildman–Crippen MR) is 225 cm³/mol. The molecule has 5 heteroatoms. The van der Waals surface area contributed by atoms with Gasteiger partial charge < -0.3 is 4.57 Å². The topological polar surface area (TPSA) is 78.3 Å². The van der Waals surface area contributed by atoms with Crippen LogP contribution in [0.4, 0.5) is 0 Å². The minimum atomic E-state index is -0.181. The van der Waals surface area contributed by atoms with Gasteiger partial charge in [0.1, 0.15) is 0 Å². The lowest BCUT2D eigenvalue weighted by Crippen LogP contribution is -2.15. The highest BCUT2D eigenvalue weighted by Gasteiger charge is 2.36. The van der Waals surface area contributed by atoms with E-state index in [9.17, 15) is 10.5 Å². The van der Waals surface area contributed by atoms with Crippen molar-refractivity contribution in [3.63, 3.8) is 0 Å². The second-order valence-electron chi connectivity index (χ2n) is 14.9. The molecule has 0 radical (unpaired) electrons. The SMILES string of the molecule is CC1(C)c2ccccc2-c2cc3c4ccccc4n(-c4cc(-c5cc(C#N)cc(C#N)c5)cc(-c5nc(-c6ccccc6)cc(-c6ccccc6)n5)c4)c3cc21. The summed E-state index contributed by atoms with van der Waals surface area (Å²) < 4.78 is 2.34. The first kappa shape index (κ1) is 33.0. The Hall–Kier alpha value is -7.60. The van der Waals surface area contributed by atoms with E-state index in [1.165, 1.54) is 27.6 Å². The molecule has 7 aromatic carbocycles. The Balaban J connectivity index is 1.28. The minimum Gasteiger partial charge on any atom is -0.309 e. The smallest absolute Gasteiger partial charge is 0.160 e. The molecule has 9 aromatic rings. The Morgan fingerprint density at radius 2 is 1.05 bits per heavy atom. The third-order valence-corrected chi connectivity index (χ3v) is 11.2. The second-order valence-corrected chi connectivity index (χ2v) is 14.9. The maximum absolute atomic E-state index is 9.98. The summed E-state index contributed by atoms with van der Waals surface area (Å²) in [5.41, 5.74) is 15.0. The number of hydrogen-bond donors (Lipinski definition) is 0. The van der Waals surface area contributed by atoms with Crippen LogP contribution < -0.4 is 0 Å². The van der Waals surface area contributed by atoms with Gasteiger partial charge in [-0.05, 0) is 94.0 Å². The number of aromatic nitrogens is 3. The van der Waals surface area contributed by atoms with Crippen LogP contribution in [0.3, 0.4) is 0 Å². The second kappa shape index (κ2) is 12.8. The number of nitriles is 2. The summed E-state index contributed by atoms with van der Waals surface area (Å²) in [5, 5.41) is 22.3. The fourth-order valence-electron chi connectivity index (χ4n) is 8.49. The average molecular weight is 716 g/mol. The number of fused-ring (bicyclic) bond motifs is 6. The maximum atomic E-state index is 9.98. The lowest BCUT2D eigenvalue weighted by molar-refractivity contribution is 0.661. The quantitative estimate of drug-likeness (QED) is 0.178. The zero-order valence-corrected chi connectivity index (χ0v) is 30.8. The summed E-state index contributed by atoms with van der Waals surface area (Å²) >= 11 is 0. The molecule has 10 rings (SSSR count). The summed E-state index contributed by atoms with van der Waals surface area (Å²) in [4.78, 5) is 10.4. The first-order valence-corrected chi connectivity index (χ1v) is 18.7. The Labute approximate surface area is 325 Å². The van der Waals surface area contributed by atoms with Crippen molar-refractivity contribution in [2.24, 2.45) is 0 Å². The van der Waals surface area contributed by atoms with Crippen molar-refractivity contribution in [1.29, 1.82) is 10.5 Å². The summed E-state index contributed by atoms with van der Waals surface area (Å²) in [7, 11) is 0. The van der Waals surface area contributed by atoms with Crippen LogP contribution in [0.15, 0.2) is 164 Å². The molecule has 0 atom stereocenters. The van der Waals surface area contributed by atoms with Gasteiger partial charge in [0.25, 0.3) is 0 Å². The van der Waals surface area contributed by atoms with Crippen molar-refractivity contribution in [1.82, 2.24) is 14.5 Å². The van der Waals surface area contributed by atoms with Crippen molar-refractivity contribution in [2.45, 2.75) is 19.3 Å². The van der Waals surface area contributed by atoms with Crippen molar-refractivity contribution in [3.8, 4) is 74.0 Å². The van der Waals surface area contributed by atoms with E-state index < -0.39 is 0 Å². The van der Waals surface area contributed by atoms with E-state index >= 15 is 0 Å². The van der Waals surface area contributed by atoms with Crippen LogP contribution in [0.5, 0.6) is 0 Å². The van der Waals surface area contributed by atoms with Gasteiger partial charge in [-0.15, -0.1) is 0 Å². The Morgan fingerprint density at radius 1 is 0.464 bits per heavy atom. The summed E-state index contributed by atoms with van der Waals surface area (Å²) in [6, 6.07) is 60.7. The van der Waals surface area contributed by atoms with Crippen LogP contribution in [-0.4, -0.2) is 14.5 Å². The molecule has 5 nitrogen and oxygen atoms in total. The van der Waals surface area contributed by atoms with E-state index in [-0.39, 0.29) is 5.41 Å². The normalized spacial score (nSPS) is 12.6. The van der Waals surface area contributed by atoms with E-state index in [2.05, 4.69) is 134 Å². The molecular weight excluding hydrogens is 683 g/mol.